The molecule has 3 aromatic carbocycles. The van der Waals surface area contributed by atoms with E-state index in [2.05, 4.69) is 19.1 Å². The first-order chi connectivity index (χ1) is 13.8. The molecule has 0 fully saturated rings. The van der Waals surface area contributed by atoms with E-state index in [9.17, 15) is 5.11 Å². The number of para-hydroxylation sites is 2. The van der Waals surface area contributed by atoms with E-state index in [1.165, 1.54) is 5.56 Å². The Bertz CT molecular complexity index is 1040. The van der Waals surface area contributed by atoms with Crippen molar-refractivity contribution in [3.05, 3.63) is 95.8 Å². The highest BCUT2D eigenvalue weighted by Gasteiger charge is 2.19. The summed E-state index contributed by atoms with van der Waals surface area (Å²) in [6, 6.07) is 25.8. The number of aromatic nitrogens is 2. The first-order valence-corrected chi connectivity index (χ1v) is 9.66. The Balaban J connectivity index is 1.58. The third-order valence-electron chi connectivity index (χ3n) is 4.96. The molecular weight excluding hydrogens is 348 g/mol. The van der Waals surface area contributed by atoms with Gasteiger partial charge in [-0.2, -0.15) is 0 Å². The number of benzene rings is 3. The quantitative estimate of drug-likeness (QED) is 0.509. The molecule has 142 valence electrons. The second-order valence-electron chi connectivity index (χ2n) is 6.77. The SMILES string of the molecule is CCc1ccc(OCCn2c(C(O)c3ccccc3)nc3ccccc32)cc1. The van der Waals surface area contributed by atoms with Crippen LogP contribution in [0.3, 0.4) is 0 Å². The first-order valence-electron chi connectivity index (χ1n) is 9.66. The number of fused-ring (bicyclic) bond motifs is 1. The van der Waals surface area contributed by atoms with Crippen molar-refractivity contribution in [3.63, 3.8) is 0 Å². The van der Waals surface area contributed by atoms with E-state index in [4.69, 9.17) is 9.72 Å². The van der Waals surface area contributed by atoms with Crippen LogP contribution in [-0.4, -0.2) is 21.3 Å². The Morgan fingerprint density at radius 1 is 0.929 bits per heavy atom. The average molecular weight is 372 g/mol. The van der Waals surface area contributed by atoms with Gasteiger partial charge in [0.1, 0.15) is 24.3 Å². The molecule has 0 aliphatic carbocycles. The number of aryl methyl sites for hydroxylation is 1. The van der Waals surface area contributed by atoms with Gasteiger partial charge in [-0.15, -0.1) is 0 Å². The lowest BCUT2D eigenvalue weighted by Crippen LogP contribution is -2.14. The number of aliphatic hydroxyl groups is 1. The van der Waals surface area contributed by atoms with E-state index in [-0.39, 0.29) is 0 Å². The third-order valence-corrected chi connectivity index (χ3v) is 4.96. The maximum absolute atomic E-state index is 10.9. The molecular formula is C24H24N2O2. The summed E-state index contributed by atoms with van der Waals surface area (Å²) in [5, 5.41) is 10.9. The maximum Gasteiger partial charge on any atom is 0.143 e. The van der Waals surface area contributed by atoms with Gasteiger partial charge in [-0.25, -0.2) is 4.98 Å². The summed E-state index contributed by atoms with van der Waals surface area (Å²) in [4.78, 5) is 4.69. The zero-order valence-electron chi connectivity index (χ0n) is 16.0. The minimum atomic E-state index is -0.780. The van der Waals surface area contributed by atoms with E-state index in [0.717, 1.165) is 28.8 Å². The van der Waals surface area contributed by atoms with Crippen molar-refractivity contribution >= 4 is 11.0 Å². The van der Waals surface area contributed by atoms with Crippen molar-refractivity contribution in [2.45, 2.75) is 26.0 Å². The smallest absolute Gasteiger partial charge is 0.143 e. The average Bonchev–Trinajstić information content (AvgIpc) is 3.13. The number of hydrogen-bond acceptors (Lipinski definition) is 3. The zero-order chi connectivity index (χ0) is 19.3. The van der Waals surface area contributed by atoms with Crippen LogP contribution in [-0.2, 0) is 13.0 Å². The number of aliphatic hydroxyl groups excluding tert-OH is 1. The number of nitrogens with zero attached hydrogens (tertiary/aromatic N) is 2. The molecule has 0 amide bonds. The Hall–Kier alpha value is -3.11. The molecule has 0 bridgehead atoms. The summed E-state index contributed by atoms with van der Waals surface area (Å²) in [5.41, 5.74) is 3.99. The van der Waals surface area contributed by atoms with Crippen LogP contribution in [0.15, 0.2) is 78.9 Å². The Labute approximate surface area is 165 Å². The fraction of sp³-hybridized carbons (Fsp3) is 0.208. The molecule has 0 spiro atoms. The van der Waals surface area contributed by atoms with E-state index in [0.29, 0.717) is 19.0 Å². The fourth-order valence-electron chi connectivity index (χ4n) is 3.40. The maximum atomic E-state index is 10.9. The molecule has 1 unspecified atom stereocenters. The van der Waals surface area contributed by atoms with Gasteiger partial charge < -0.3 is 14.4 Å². The van der Waals surface area contributed by atoms with Crippen molar-refractivity contribution in [2.75, 3.05) is 6.61 Å². The van der Waals surface area contributed by atoms with Gasteiger partial charge in [-0.05, 0) is 41.8 Å². The highest BCUT2D eigenvalue weighted by Crippen LogP contribution is 2.25. The first kappa shape index (κ1) is 18.3. The van der Waals surface area contributed by atoms with Crippen LogP contribution in [0.25, 0.3) is 11.0 Å². The monoisotopic (exact) mass is 372 g/mol. The van der Waals surface area contributed by atoms with Crippen LogP contribution < -0.4 is 4.74 Å². The summed E-state index contributed by atoms with van der Waals surface area (Å²) in [6.45, 7) is 3.25. The molecule has 0 saturated heterocycles. The molecule has 0 radical (unpaired) electrons. The second kappa shape index (κ2) is 8.28. The van der Waals surface area contributed by atoms with Gasteiger partial charge in [0.15, 0.2) is 0 Å². The van der Waals surface area contributed by atoms with Crippen LogP contribution in [0.1, 0.15) is 30.0 Å². The molecule has 4 rings (SSSR count). The van der Waals surface area contributed by atoms with Crippen molar-refractivity contribution < 1.29 is 9.84 Å². The molecule has 4 heteroatoms. The van der Waals surface area contributed by atoms with Crippen molar-refractivity contribution in [1.29, 1.82) is 0 Å². The standard InChI is InChI=1S/C24H24N2O2/c1-2-18-12-14-20(15-13-18)28-17-16-26-22-11-7-6-10-21(22)25-24(26)23(27)19-8-4-3-5-9-19/h3-15,23,27H,2,16-17H2,1H3. The minimum absolute atomic E-state index is 0.500. The summed E-state index contributed by atoms with van der Waals surface area (Å²) in [6.07, 6.45) is 0.236. The predicted molar refractivity (Wildman–Crippen MR) is 112 cm³/mol. The summed E-state index contributed by atoms with van der Waals surface area (Å²) in [7, 11) is 0. The zero-order valence-corrected chi connectivity index (χ0v) is 16.0. The molecule has 1 N–H and O–H groups in total. The van der Waals surface area contributed by atoms with Gasteiger partial charge in [0.2, 0.25) is 0 Å². The Kier molecular flexibility index (Phi) is 5.40. The number of ether oxygens (including phenoxy) is 1. The highest BCUT2D eigenvalue weighted by atomic mass is 16.5. The number of rotatable bonds is 7. The van der Waals surface area contributed by atoms with Gasteiger partial charge in [-0.1, -0.05) is 61.5 Å². The summed E-state index contributed by atoms with van der Waals surface area (Å²) < 4.78 is 7.99. The molecule has 0 aliphatic rings. The lowest BCUT2D eigenvalue weighted by Gasteiger charge is -2.15. The topological polar surface area (TPSA) is 47.3 Å². The summed E-state index contributed by atoms with van der Waals surface area (Å²) in [5.74, 6) is 1.49. The molecule has 4 aromatic rings. The van der Waals surface area contributed by atoms with Crippen LogP contribution in [0, 0.1) is 0 Å². The fourth-order valence-corrected chi connectivity index (χ4v) is 3.40. The van der Waals surface area contributed by atoms with E-state index >= 15 is 0 Å². The second-order valence-corrected chi connectivity index (χ2v) is 6.77. The van der Waals surface area contributed by atoms with Crippen LogP contribution in [0.4, 0.5) is 0 Å². The molecule has 0 aliphatic heterocycles. The van der Waals surface area contributed by atoms with Gasteiger partial charge >= 0.3 is 0 Å². The Morgan fingerprint density at radius 3 is 2.39 bits per heavy atom. The van der Waals surface area contributed by atoms with Crippen molar-refractivity contribution in [2.24, 2.45) is 0 Å². The van der Waals surface area contributed by atoms with E-state index in [1.54, 1.807) is 0 Å². The molecule has 1 heterocycles. The van der Waals surface area contributed by atoms with Gasteiger partial charge in [-0.3, -0.25) is 0 Å². The highest BCUT2D eigenvalue weighted by molar-refractivity contribution is 5.76. The Morgan fingerprint density at radius 2 is 1.64 bits per heavy atom. The lowest BCUT2D eigenvalue weighted by molar-refractivity contribution is 0.201. The van der Waals surface area contributed by atoms with Crippen molar-refractivity contribution in [3.8, 4) is 5.75 Å². The van der Waals surface area contributed by atoms with Crippen LogP contribution >= 0.6 is 0 Å². The molecule has 1 aromatic heterocycles. The van der Waals surface area contributed by atoms with Crippen molar-refractivity contribution in [1.82, 2.24) is 9.55 Å². The van der Waals surface area contributed by atoms with E-state index in [1.807, 2.05) is 71.3 Å². The lowest BCUT2D eigenvalue weighted by atomic mass is 10.1. The van der Waals surface area contributed by atoms with Crippen LogP contribution in [0.2, 0.25) is 0 Å². The summed E-state index contributed by atoms with van der Waals surface area (Å²) >= 11 is 0. The normalized spacial score (nSPS) is 12.2. The van der Waals surface area contributed by atoms with E-state index < -0.39 is 6.10 Å². The molecule has 28 heavy (non-hydrogen) atoms. The molecule has 0 saturated carbocycles. The van der Waals surface area contributed by atoms with Crippen LogP contribution in [0.5, 0.6) is 5.75 Å². The van der Waals surface area contributed by atoms with Gasteiger partial charge in [0.25, 0.3) is 0 Å². The minimum Gasteiger partial charge on any atom is -0.492 e. The number of hydrogen-bond donors (Lipinski definition) is 1. The molecule has 4 nitrogen and oxygen atoms in total. The predicted octanol–water partition coefficient (Wildman–Crippen LogP) is 4.76. The van der Waals surface area contributed by atoms with Gasteiger partial charge in [0.05, 0.1) is 17.6 Å². The number of imidazole rings is 1. The molecule has 1 atom stereocenters. The van der Waals surface area contributed by atoms with Gasteiger partial charge in [0, 0.05) is 0 Å². The largest absolute Gasteiger partial charge is 0.492 e. The third kappa shape index (κ3) is 3.78.